The first-order valence-corrected chi connectivity index (χ1v) is 6.99. The quantitative estimate of drug-likeness (QED) is 0.511. The average molecular weight is 303 g/mol. The number of phenols is 1. The molecule has 0 unspecified atom stereocenters. The summed E-state index contributed by atoms with van der Waals surface area (Å²) < 4.78 is 5.09. The Labute approximate surface area is 130 Å². The number of hydrogen-bond acceptors (Lipinski definition) is 4. The standard InChI is InChI=1S/C17H21NO4/c1-12(19)14-9-8-13(11-15(14)20)7-5-6-10-18-16(21)22-17(2,3)4/h8-9,11,20H,6,10H2,1-4H3,(H,18,21). The van der Waals surface area contributed by atoms with Gasteiger partial charge in [-0.1, -0.05) is 11.8 Å². The molecule has 22 heavy (non-hydrogen) atoms. The van der Waals surface area contributed by atoms with Crippen LogP contribution in [0.15, 0.2) is 18.2 Å². The predicted octanol–water partition coefficient (Wildman–Crippen LogP) is 2.86. The van der Waals surface area contributed by atoms with E-state index < -0.39 is 11.7 Å². The van der Waals surface area contributed by atoms with Crippen molar-refractivity contribution in [1.29, 1.82) is 0 Å². The third-order valence-electron chi connectivity index (χ3n) is 2.53. The molecule has 0 aromatic heterocycles. The summed E-state index contributed by atoms with van der Waals surface area (Å²) in [6, 6.07) is 4.66. The third kappa shape index (κ3) is 6.31. The topological polar surface area (TPSA) is 75.6 Å². The van der Waals surface area contributed by atoms with Crippen molar-refractivity contribution in [2.24, 2.45) is 0 Å². The molecule has 5 nitrogen and oxygen atoms in total. The Morgan fingerprint density at radius 1 is 1.32 bits per heavy atom. The van der Waals surface area contributed by atoms with E-state index in [4.69, 9.17) is 4.74 Å². The fraction of sp³-hybridized carbons (Fsp3) is 0.412. The minimum atomic E-state index is -0.522. The fourth-order valence-corrected chi connectivity index (χ4v) is 1.61. The van der Waals surface area contributed by atoms with Crippen LogP contribution in [0.5, 0.6) is 5.75 Å². The van der Waals surface area contributed by atoms with Gasteiger partial charge < -0.3 is 15.2 Å². The number of ketones is 1. The number of Topliss-reactive ketones (excluding diaryl/α,β-unsaturated/α-hetero) is 1. The molecule has 0 aliphatic heterocycles. The molecule has 0 saturated heterocycles. The lowest BCUT2D eigenvalue weighted by Crippen LogP contribution is -2.32. The van der Waals surface area contributed by atoms with Crippen LogP contribution >= 0.6 is 0 Å². The molecule has 0 aliphatic rings. The highest BCUT2D eigenvalue weighted by molar-refractivity contribution is 5.96. The maximum atomic E-state index is 11.4. The van der Waals surface area contributed by atoms with Crippen LogP contribution in [0.2, 0.25) is 0 Å². The van der Waals surface area contributed by atoms with Crippen LogP contribution in [-0.2, 0) is 4.74 Å². The molecule has 1 amide bonds. The van der Waals surface area contributed by atoms with E-state index in [0.717, 1.165) is 0 Å². The Kier molecular flexibility index (Phi) is 6.00. The average Bonchev–Trinajstić information content (AvgIpc) is 2.35. The fourth-order valence-electron chi connectivity index (χ4n) is 1.61. The zero-order chi connectivity index (χ0) is 16.8. The maximum absolute atomic E-state index is 11.4. The molecule has 2 N–H and O–H groups in total. The number of hydrogen-bond donors (Lipinski definition) is 2. The zero-order valence-corrected chi connectivity index (χ0v) is 13.3. The second kappa shape index (κ2) is 7.51. The Morgan fingerprint density at radius 2 is 2.00 bits per heavy atom. The lowest BCUT2D eigenvalue weighted by atomic mass is 10.1. The number of amides is 1. The van der Waals surface area contributed by atoms with Crippen LogP contribution in [-0.4, -0.2) is 29.1 Å². The molecular weight excluding hydrogens is 282 g/mol. The van der Waals surface area contributed by atoms with E-state index in [-0.39, 0.29) is 17.1 Å². The van der Waals surface area contributed by atoms with Crippen molar-refractivity contribution >= 4 is 11.9 Å². The van der Waals surface area contributed by atoms with Crippen LogP contribution in [0.25, 0.3) is 0 Å². The van der Waals surface area contributed by atoms with Crippen molar-refractivity contribution in [3.8, 4) is 17.6 Å². The molecule has 1 aromatic rings. The lowest BCUT2D eigenvalue weighted by Gasteiger charge is -2.19. The van der Waals surface area contributed by atoms with Gasteiger partial charge in [-0.3, -0.25) is 4.79 Å². The first-order valence-electron chi connectivity index (χ1n) is 6.99. The molecule has 0 aliphatic carbocycles. The van der Waals surface area contributed by atoms with E-state index in [9.17, 15) is 14.7 Å². The summed E-state index contributed by atoms with van der Waals surface area (Å²) in [5.74, 6) is 5.47. The van der Waals surface area contributed by atoms with E-state index in [0.29, 0.717) is 18.5 Å². The normalized spacial score (nSPS) is 10.4. The van der Waals surface area contributed by atoms with Gasteiger partial charge in [-0.15, -0.1) is 0 Å². The first-order chi connectivity index (χ1) is 10.2. The molecule has 5 heteroatoms. The lowest BCUT2D eigenvalue weighted by molar-refractivity contribution is 0.0529. The second-order valence-corrected chi connectivity index (χ2v) is 5.77. The van der Waals surface area contributed by atoms with Gasteiger partial charge in [0, 0.05) is 18.5 Å². The molecule has 0 radical (unpaired) electrons. The summed E-state index contributed by atoms with van der Waals surface area (Å²) in [7, 11) is 0. The number of phenolic OH excluding ortho intramolecular Hbond substituents is 1. The number of aromatic hydroxyl groups is 1. The minimum Gasteiger partial charge on any atom is -0.507 e. The van der Waals surface area contributed by atoms with Crippen LogP contribution in [0, 0.1) is 11.8 Å². The number of carbonyl (C=O) groups excluding carboxylic acids is 2. The van der Waals surface area contributed by atoms with Crippen LogP contribution in [0.1, 0.15) is 50.0 Å². The number of rotatable bonds is 3. The van der Waals surface area contributed by atoms with Gasteiger partial charge in [0.05, 0.1) is 5.56 Å². The second-order valence-electron chi connectivity index (χ2n) is 5.77. The minimum absolute atomic E-state index is 0.0776. The third-order valence-corrected chi connectivity index (χ3v) is 2.53. The van der Waals surface area contributed by atoms with Crippen molar-refractivity contribution in [2.45, 2.75) is 39.7 Å². The summed E-state index contributed by atoms with van der Waals surface area (Å²) in [6.45, 7) is 7.15. The molecule has 0 bridgehead atoms. The van der Waals surface area contributed by atoms with Gasteiger partial charge in [0.2, 0.25) is 0 Å². The van der Waals surface area contributed by atoms with Crippen molar-refractivity contribution in [1.82, 2.24) is 5.32 Å². The van der Waals surface area contributed by atoms with E-state index >= 15 is 0 Å². The van der Waals surface area contributed by atoms with Crippen molar-refractivity contribution in [2.75, 3.05) is 6.54 Å². The van der Waals surface area contributed by atoms with E-state index in [1.54, 1.807) is 32.9 Å². The van der Waals surface area contributed by atoms with E-state index in [1.165, 1.54) is 13.0 Å². The summed E-state index contributed by atoms with van der Waals surface area (Å²) in [5.41, 5.74) is 0.364. The predicted molar refractivity (Wildman–Crippen MR) is 83.8 cm³/mol. The Balaban J connectivity index is 2.47. The molecular formula is C17H21NO4. The number of carbonyl (C=O) groups is 2. The van der Waals surface area contributed by atoms with Crippen LogP contribution in [0.3, 0.4) is 0 Å². The van der Waals surface area contributed by atoms with Gasteiger partial charge in [0.25, 0.3) is 0 Å². The van der Waals surface area contributed by atoms with Gasteiger partial charge >= 0.3 is 6.09 Å². The molecule has 0 saturated carbocycles. The Morgan fingerprint density at radius 3 is 2.55 bits per heavy atom. The van der Waals surface area contributed by atoms with Crippen molar-refractivity contribution in [3.63, 3.8) is 0 Å². The van der Waals surface area contributed by atoms with Gasteiger partial charge in [0.15, 0.2) is 5.78 Å². The van der Waals surface area contributed by atoms with E-state index in [1.807, 2.05) is 0 Å². The number of nitrogens with one attached hydrogen (secondary N) is 1. The summed E-state index contributed by atoms with van der Waals surface area (Å²) in [6.07, 6.45) is -0.0215. The van der Waals surface area contributed by atoms with Crippen molar-refractivity contribution in [3.05, 3.63) is 29.3 Å². The van der Waals surface area contributed by atoms with Crippen LogP contribution in [0.4, 0.5) is 4.79 Å². The van der Waals surface area contributed by atoms with Gasteiger partial charge in [-0.05, 0) is 45.9 Å². The van der Waals surface area contributed by atoms with Crippen molar-refractivity contribution < 1.29 is 19.4 Å². The number of benzene rings is 1. The van der Waals surface area contributed by atoms with E-state index in [2.05, 4.69) is 17.2 Å². The summed E-state index contributed by atoms with van der Waals surface area (Å²) in [4.78, 5) is 22.6. The van der Waals surface area contributed by atoms with Gasteiger partial charge in [0.1, 0.15) is 11.4 Å². The summed E-state index contributed by atoms with van der Waals surface area (Å²) in [5, 5.41) is 12.3. The number of alkyl carbamates (subject to hydrolysis) is 1. The molecule has 0 spiro atoms. The molecule has 0 fully saturated rings. The largest absolute Gasteiger partial charge is 0.507 e. The van der Waals surface area contributed by atoms with Gasteiger partial charge in [-0.2, -0.15) is 0 Å². The Bertz CT molecular complexity index is 618. The molecule has 1 aromatic carbocycles. The maximum Gasteiger partial charge on any atom is 0.407 e. The highest BCUT2D eigenvalue weighted by atomic mass is 16.6. The van der Waals surface area contributed by atoms with Gasteiger partial charge in [-0.25, -0.2) is 4.79 Å². The molecule has 0 heterocycles. The molecule has 1 rings (SSSR count). The summed E-state index contributed by atoms with van der Waals surface area (Å²) >= 11 is 0. The smallest absolute Gasteiger partial charge is 0.407 e. The highest BCUT2D eigenvalue weighted by Crippen LogP contribution is 2.18. The molecule has 0 atom stereocenters. The first kappa shape index (κ1) is 17.6. The van der Waals surface area contributed by atoms with Crippen LogP contribution < -0.4 is 5.32 Å². The monoisotopic (exact) mass is 303 g/mol. The Hall–Kier alpha value is -2.48. The highest BCUT2D eigenvalue weighted by Gasteiger charge is 2.15. The molecule has 118 valence electrons. The zero-order valence-electron chi connectivity index (χ0n) is 13.3. The number of ether oxygens (including phenoxy) is 1. The SMILES string of the molecule is CC(=O)c1ccc(C#CCCNC(=O)OC(C)(C)C)cc1O.